The monoisotopic (exact) mass is 293 g/mol. The molecule has 0 atom stereocenters. The lowest BCUT2D eigenvalue weighted by Crippen LogP contribution is -1.96. The summed E-state index contributed by atoms with van der Waals surface area (Å²) in [6.45, 7) is 0. The molecule has 21 heavy (non-hydrogen) atoms. The topological polar surface area (TPSA) is 41.6 Å². The van der Waals surface area contributed by atoms with Gasteiger partial charge in [-0.3, -0.25) is 0 Å². The lowest BCUT2D eigenvalue weighted by molar-refractivity contribution is 0.925. The van der Waals surface area contributed by atoms with Gasteiger partial charge in [0.15, 0.2) is 5.82 Å². The van der Waals surface area contributed by atoms with E-state index in [0.717, 1.165) is 16.6 Å². The molecule has 1 aromatic heterocycles. The molecule has 0 spiro atoms. The van der Waals surface area contributed by atoms with Crippen LogP contribution in [-0.2, 0) is 7.05 Å². The molecule has 0 bridgehead atoms. The number of halogens is 1. The molecular weight excluding hydrogens is 282 g/mol. The molecule has 3 aromatic rings. The van der Waals surface area contributed by atoms with Crippen LogP contribution in [0.5, 0.6) is 0 Å². The van der Waals surface area contributed by atoms with Crippen LogP contribution < -0.4 is 0 Å². The molecule has 4 heteroatoms. The molecule has 0 amide bonds. The SMILES string of the molecule is Cn1c(/C(C#N)=C/c2cccc(Cl)c2)nc2ccccc21. The second-order valence-electron chi connectivity index (χ2n) is 4.71. The summed E-state index contributed by atoms with van der Waals surface area (Å²) in [7, 11) is 1.91. The van der Waals surface area contributed by atoms with Gasteiger partial charge in [-0.1, -0.05) is 35.9 Å². The number of aromatic nitrogens is 2. The van der Waals surface area contributed by atoms with Crippen LogP contribution in [0.1, 0.15) is 11.4 Å². The summed E-state index contributed by atoms with van der Waals surface area (Å²) in [6, 6.07) is 17.4. The maximum atomic E-state index is 9.46. The van der Waals surface area contributed by atoms with Crippen LogP contribution in [-0.4, -0.2) is 9.55 Å². The first kappa shape index (κ1) is 13.4. The van der Waals surface area contributed by atoms with E-state index in [0.29, 0.717) is 16.4 Å². The molecule has 0 radical (unpaired) electrons. The lowest BCUT2D eigenvalue weighted by Gasteiger charge is -2.01. The van der Waals surface area contributed by atoms with Gasteiger partial charge in [0.1, 0.15) is 6.07 Å². The number of rotatable bonds is 2. The van der Waals surface area contributed by atoms with E-state index < -0.39 is 0 Å². The van der Waals surface area contributed by atoms with Crippen molar-refractivity contribution < 1.29 is 0 Å². The number of benzene rings is 2. The fraction of sp³-hybridized carbons (Fsp3) is 0.0588. The van der Waals surface area contributed by atoms with Gasteiger partial charge in [-0.05, 0) is 35.9 Å². The Morgan fingerprint density at radius 2 is 2.05 bits per heavy atom. The number of para-hydroxylation sites is 2. The molecular formula is C17H12ClN3. The number of fused-ring (bicyclic) bond motifs is 1. The van der Waals surface area contributed by atoms with E-state index in [-0.39, 0.29) is 0 Å². The molecule has 0 unspecified atom stereocenters. The van der Waals surface area contributed by atoms with Gasteiger partial charge in [0, 0.05) is 12.1 Å². The van der Waals surface area contributed by atoms with Crippen LogP contribution in [0.2, 0.25) is 5.02 Å². The Kier molecular flexibility index (Phi) is 3.47. The van der Waals surface area contributed by atoms with Crippen molar-refractivity contribution in [2.24, 2.45) is 7.05 Å². The van der Waals surface area contributed by atoms with E-state index >= 15 is 0 Å². The summed E-state index contributed by atoms with van der Waals surface area (Å²) in [5.41, 5.74) is 3.27. The van der Waals surface area contributed by atoms with Gasteiger partial charge >= 0.3 is 0 Å². The van der Waals surface area contributed by atoms with Gasteiger partial charge in [-0.25, -0.2) is 4.98 Å². The van der Waals surface area contributed by atoms with Crippen molar-refractivity contribution in [1.82, 2.24) is 9.55 Å². The van der Waals surface area contributed by atoms with Gasteiger partial charge in [0.25, 0.3) is 0 Å². The quantitative estimate of drug-likeness (QED) is 0.661. The Morgan fingerprint density at radius 3 is 2.76 bits per heavy atom. The van der Waals surface area contributed by atoms with Gasteiger partial charge in [0.05, 0.1) is 16.6 Å². The fourth-order valence-corrected chi connectivity index (χ4v) is 2.50. The fourth-order valence-electron chi connectivity index (χ4n) is 2.30. The minimum absolute atomic E-state index is 0.510. The molecule has 3 nitrogen and oxygen atoms in total. The Balaban J connectivity index is 2.15. The lowest BCUT2D eigenvalue weighted by atomic mass is 10.1. The summed E-state index contributed by atoms with van der Waals surface area (Å²) < 4.78 is 1.93. The molecule has 0 saturated carbocycles. The Labute approximate surface area is 127 Å². The molecule has 102 valence electrons. The van der Waals surface area contributed by atoms with Crippen LogP contribution in [0.3, 0.4) is 0 Å². The minimum Gasteiger partial charge on any atom is -0.327 e. The molecule has 0 aliphatic heterocycles. The standard InChI is InChI=1S/C17H12ClN3/c1-21-16-8-3-2-7-15(16)20-17(21)13(11-19)9-12-5-4-6-14(18)10-12/h2-10H,1H3/b13-9+. The molecule has 1 heterocycles. The molecule has 2 aromatic carbocycles. The van der Waals surface area contributed by atoms with E-state index in [1.807, 2.05) is 54.1 Å². The van der Waals surface area contributed by atoms with Crippen molar-refractivity contribution in [2.75, 3.05) is 0 Å². The molecule has 0 saturated heterocycles. The smallest absolute Gasteiger partial charge is 0.151 e. The number of nitriles is 1. The number of nitrogens with zero attached hydrogens (tertiary/aromatic N) is 3. The summed E-state index contributed by atoms with van der Waals surface area (Å²) >= 11 is 5.98. The van der Waals surface area contributed by atoms with Gasteiger partial charge < -0.3 is 4.57 Å². The third-order valence-electron chi connectivity index (χ3n) is 3.31. The number of imidazole rings is 1. The highest BCUT2D eigenvalue weighted by atomic mass is 35.5. The van der Waals surface area contributed by atoms with E-state index in [2.05, 4.69) is 11.1 Å². The van der Waals surface area contributed by atoms with E-state index in [9.17, 15) is 5.26 Å². The normalized spacial score (nSPS) is 11.6. The summed E-state index contributed by atoms with van der Waals surface area (Å²) in [5.74, 6) is 0.652. The summed E-state index contributed by atoms with van der Waals surface area (Å²) in [4.78, 5) is 4.54. The number of allylic oxidation sites excluding steroid dienone is 1. The zero-order chi connectivity index (χ0) is 14.8. The second-order valence-corrected chi connectivity index (χ2v) is 5.14. The van der Waals surface area contributed by atoms with E-state index in [1.54, 1.807) is 12.1 Å². The average molecular weight is 294 g/mol. The van der Waals surface area contributed by atoms with Crippen molar-refractivity contribution in [3.63, 3.8) is 0 Å². The van der Waals surface area contributed by atoms with Crippen molar-refractivity contribution >= 4 is 34.3 Å². The van der Waals surface area contributed by atoms with Crippen LogP contribution in [0, 0.1) is 11.3 Å². The predicted octanol–water partition coefficient (Wildman–Crippen LogP) is 4.29. The third kappa shape index (κ3) is 2.54. The van der Waals surface area contributed by atoms with E-state index in [4.69, 9.17) is 11.6 Å². The van der Waals surface area contributed by atoms with Crippen LogP contribution in [0.4, 0.5) is 0 Å². The first-order chi connectivity index (χ1) is 10.2. The first-order valence-electron chi connectivity index (χ1n) is 6.48. The highest BCUT2D eigenvalue weighted by Gasteiger charge is 2.11. The van der Waals surface area contributed by atoms with E-state index in [1.165, 1.54) is 0 Å². The average Bonchev–Trinajstić information content (AvgIpc) is 2.82. The maximum absolute atomic E-state index is 9.46. The zero-order valence-electron chi connectivity index (χ0n) is 11.4. The minimum atomic E-state index is 0.510. The summed E-state index contributed by atoms with van der Waals surface area (Å²) in [6.07, 6.45) is 1.80. The van der Waals surface area contributed by atoms with Crippen LogP contribution >= 0.6 is 11.6 Å². The first-order valence-corrected chi connectivity index (χ1v) is 6.86. The number of aryl methyl sites for hydroxylation is 1. The largest absolute Gasteiger partial charge is 0.327 e. The molecule has 0 fully saturated rings. The van der Waals surface area contributed by atoms with Gasteiger partial charge in [0.2, 0.25) is 0 Å². The third-order valence-corrected chi connectivity index (χ3v) is 3.54. The Bertz CT molecular complexity index is 884. The summed E-state index contributed by atoms with van der Waals surface area (Å²) in [5, 5.41) is 10.1. The number of hydrogen-bond acceptors (Lipinski definition) is 2. The predicted molar refractivity (Wildman–Crippen MR) is 85.7 cm³/mol. The molecule has 0 N–H and O–H groups in total. The van der Waals surface area contributed by atoms with Crippen molar-refractivity contribution in [3.8, 4) is 6.07 Å². The molecule has 3 rings (SSSR count). The Morgan fingerprint density at radius 1 is 1.24 bits per heavy atom. The van der Waals surface area contributed by atoms with Crippen molar-refractivity contribution in [2.45, 2.75) is 0 Å². The van der Waals surface area contributed by atoms with Gasteiger partial charge in [-0.15, -0.1) is 0 Å². The van der Waals surface area contributed by atoms with Crippen LogP contribution in [0.25, 0.3) is 22.7 Å². The van der Waals surface area contributed by atoms with Crippen molar-refractivity contribution in [1.29, 1.82) is 5.26 Å². The maximum Gasteiger partial charge on any atom is 0.151 e. The second kappa shape index (κ2) is 5.43. The Hall–Kier alpha value is -2.57. The highest BCUT2D eigenvalue weighted by molar-refractivity contribution is 6.30. The van der Waals surface area contributed by atoms with Crippen molar-refractivity contribution in [3.05, 3.63) is 64.9 Å². The highest BCUT2D eigenvalue weighted by Crippen LogP contribution is 2.22. The zero-order valence-corrected chi connectivity index (χ0v) is 12.2. The van der Waals surface area contributed by atoms with Gasteiger partial charge in [-0.2, -0.15) is 5.26 Å². The van der Waals surface area contributed by atoms with Crippen LogP contribution in [0.15, 0.2) is 48.5 Å². The molecule has 0 aliphatic carbocycles. The molecule has 0 aliphatic rings. The number of hydrogen-bond donors (Lipinski definition) is 0.